The number of allylic oxidation sites excluding steroid dienone is 4. The molecule has 0 N–H and O–H groups in total. The van der Waals surface area contributed by atoms with Crippen LogP contribution in [0.4, 0.5) is 17.1 Å². The Labute approximate surface area is 318 Å². The Morgan fingerprint density at radius 2 is 1.17 bits per heavy atom. The van der Waals surface area contributed by atoms with Crippen molar-refractivity contribution in [3.8, 4) is 34.2 Å². The highest BCUT2D eigenvalue weighted by molar-refractivity contribution is 7.26. The molecule has 0 amide bonds. The van der Waals surface area contributed by atoms with Crippen LogP contribution in [0.15, 0.2) is 182 Å². The van der Waals surface area contributed by atoms with Crippen LogP contribution >= 0.6 is 11.3 Å². The van der Waals surface area contributed by atoms with Gasteiger partial charge in [-0.25, -0.2) is 15.0 Å². The van der Waals surface area contributed by atoms with E-state index in [0.717, 1.165) is 52.0 Å². The van der Waals surface area contributed by atoms with Crippen LogP contribution in [0.3, 0.4) is 0 Å². The molecular formula is C49H34N4S. The van der Waals surface area contributed by atoms with Gasteiger partial charge in [-0.15, -0.1) is 11.3 Å². The standard InChI is InChI=1S/C49H34N4S/c1-4-14-33(15-5-1)34-26-28-37(29-27-34)48-50-47(36-17-6-2-7-18-36)51-49(52-48)42-23-13-25-44-46(42)41-31-30-39(32-45(41)54-44)53(38-20-8-3-9-21-38)43-24-12-19-35-16-10-11-22-40(35)43/h2-4,6-32H,1,5H2. The average molecular weight is 711 g/mol. The topological polar surface area (TPSA) is 41.9 Å². The van der Waals surface area contributed by atoms with E-state index in [1.54, 1.807) is 11.3 Å². The molecule has 0 spiro atoms. The molecule has 0 aliphatic heterocycles. The molecule has 0 bridgehead atoms. The van der Waals surface area contributed by atoms with Gasteiger partial charge in [0.05, 0.1) is 5.69 Å². The summed E-state index contributed by atoms with van der Waals surface area (Å²) in [4.78, 5) is 17.7. The van der Waals surface area contributed by atoms with E-state index in [1.165, 1.54) is 36.7 Å². The Bertz CT molecular complexity index is 2870. The molecule has 54 heavy (non-hydrogen) atoms. The fraction of sp³-hybridized carbons (Fsp3) is 0.0408. The molecule has 7 aromatic carbocycles. The molecule has 0 saturated heterocycles. The summed E-state index contributed by atoms with van der Waals surface area (Å²) < 4.78 is 2.40. The molecule has 1 aliphatic carbocycles. The van der Waals surface area contributed by atoms with Gasteiger partial charge >= 0.3 is 0 Å². The Hall–Kier alpha value is -6.69. The highest BCUT2D eigenvalue weighted by Crippen LogP contribution is 2.44. The van der Waals surface area contributed by atoms with E-state index in [-0.39, 0.29) is 0 Å². The van der Waals surface area contributed by atoms with Gasteiger partial charge in [0.25, 0.3) is 0 Å². The van der Waals surface area contributed by atoms with Crippen LogP contribution in [-0.2, 0) is 0 Å². The van der Waals surface area contributed by atoms with Gasteiger partial charge in [-0.2, -0.15) is 0 Å². The minimum absolute atomic E-state index is 0.657. The number of hydrogen-bond acceptors (Lipinski definition) is 5. The van der Waals surface area contributed by atoms with Crippen LogP contribution < -0.4 is 4.90 Å². The first-order chi connectivity index (χ1) is 26.8. The number of fused-ring (bicyclic) bond motifs is 4. The van der Waals surface area contributed by atoms with Crippen molar-refractivity contribution in [2.45, 2.75) is 12.8 Å². The van der Waals surface area contributed by atoms with Crippen molar-refractivity contribution in [1.82, 2.24) is 15.0 Å². The quantitative estimate of drug-likeness (QED) is 0.165. The predicted molar refractivity (Wildman–Crippen MR) is 228 cm³/mol. The van der Waals surface area contributed by atoms with Crippen molar-refractivity contribution in [2.24, 2.45) is 0 Å². The summed E-state index contributed by atoms with van der Waals surface area (Å²) in [5.74, 6) is 1.98. The number of anilines is 3. The maximum Gasteiger partial charge on any atom is 0.164 e. The number of rotatable bonds is 7. The van der Waals surface area contributed by atoms with Crippen LogP contribution in [0.5, 0.6) is 0 Å². The SMILES string of the molecule is C1=CC(c2ccc(-c3nc(-c4ccccc4)nc(-c4cccc5sc6cc(N(c7ccccc7)c7cccc8ccccc78)ccc6c45)n3)cc2)=CCC1. The molecule has 1 aliphatic rings. The van der Waals surface area contributed by atoms with Crippen LogP contribution in [0, 0.1) is 0 Å². The Morgan fingerprint density at radius 1 is 0.481 bits per heavy atom. The Balaban J connectivity index is 1.12. The zero-order valence-corrected chi connectivity index (χ0v) is 30.2. The van der Waals surface area contributed by atoms with E-state index in [9.17, 15) is 0 Å². The van der Waals surface area contributed by atoms with Crippen LogP contribution in [0.25, 0.3) is 70.7 Å². The smallest absolute Gasteiger partial charge is 0.164 e. The second-order valence-electron chi connectivity index (χ2n) is 13.5. The molecule has 256 valence electrons. The molecule has 9 aromatic rings. The van der Waals surface area contributed by atoms with Crippen LogP contribution in [0.1, 0.15) is 18.4 Å². The number of aromatic nitrogens is 3. The third kappa shape index (κ3) is 5.85. The van der Waals surface area contributed by atoms with Crippen LogP contribution in [-0.4, -0.2) is 15.0 Å². The second-order valence-corrected chi connectivity index (χ2v) is 14.6. The van der Waals surface area contributed by atoms with E-state index in [2.05, 4.69) is 169 Å². The summed E-state index contributed by atoms with van der Waals surface area (Å²) in [7, 11) is 0. The summed E-state index contributed by atoms with van der Waals surface area (Å²) in [6.45, 7) is 0. The van der Waals surface area contributed by atoms with E-state index < -0.39 is 0 Å². The normalized spacial score (nSPS) is 12.7. The molecule has 2 aromatic heterocycles. The molecule has 4 nitrogen and oxygen atoms in total. The second kappa shape index (κ2) is 13.7. The highest BCUT2D eigenvalue weighted by atomic mass is 32.1. The minimum Gasteiger partial charge on any atom is -0.310 e. The molecule has 10 rings (SSSR count). The fourth-order valence-electron chi connectivity index (χ4n) is 7.53. The molecule has 0 saturated carbocycles. The molecule has 0 fully saturated rings. The average Bonchev–Trinajstić information content (AvgIpc) is 3.63. The predicted octanol–water partition coefficient (Wildman–Crippen LogP) is 13.6. The lowest BCUT2D eigenvalue weighted by molar-refractivity contribution is 1.04. The first-order valence-electron chi connectivity index (χ1n) is 18.3. The third-order valence-corrected chi connectivity index (χ3v) is 11.3. The molecule has 0 atom stereocenters. The fourth-order valence-corrected chi connectivity index (χ4v) is 8.69. The number of thiophene rings is 1. The van der Waals surface area contributed by atoms with Crippen molar-refractivity contribution in [2.75, 3.05) is 4.90 Å². The minimum atomic E-state index is 0.657. The number of para-hydroxylation sites is 1. The zero-order chi connectivity index (χ0) is 35.8. The summed E-state index contributed by atoms with van der Waals surface area (Å²) in [5.41, 5.74) is 8.74. The van der Waals surface area contributed by atoms with Crippen molar-refractivity contribution in [3.05, 3.63) is 188 Å². The lowest BCUT2D eigenvalue weighted by Crippen LogP contribution is -2.10. The van der Waals surface area contributed by atoms with Gasteiger partial charge in [-0.1, -0.05) is 146 Å². The van der Waals surface area contributed by atoms with E-state index >= 15 is 0 Å². The first-order valence-corrected chi connectivity index (χ1v) is 19.2. The monoisotopic (exact) mass is 710 g/mol. The molecular weight excluding hydrogens is 677 g/mol. The Kier molecular flexibility index (Phi) is 8.12. The largest absolute Gasteiger partial charge is 0.310 e. The van der Waals surface area contributed by atoms with Gasteiger partial charge in [0.1, 0.15) is 0 Å². The van der Waals surface area contributed by atoms with Gasteiger partial charge < -0.3 is 4.90 Å². The third-order valence-electron chi connectivity index (χ3n) is 10.1. The highest BCUT2D eigenvalue weighted by Gasteiger charge is 2.20. The lowest BCUT2D eigenvalue weighted by Gasteiger charge is -2.27. The molecule has 0 unspecified atom stereocenters. The molecule has 2 heterocycles. The molecule has 5 heteroatoms. The van der Waals surface area contributed by atoms with Crippen LogP contribution in [0.2, 0.25) is 0 Å². The number of benzene rings is 7. The summed E-state index contributed by atoms with van der Waals surface area (Å²) >= 11 is 1.80. The van der Waals surface area contributed by atoms with Crippen molar-refractivity contribution in [3.63, 3.8) is 0 Å². The van der Waals surface area contributed by atoms with Crippen molar-refractivity contribution < 1.29 is 0 Å². The van der Waals surface area contributed by atoms with Gasteiger partial charge in [0, 0.05) is 53.6 Å². The Morgan fingerprint density at radius 3 is 1.96 bits per heavy atom. The summed E-state index contributed by atoms with van der Waals surface area (Å²) in [6.07, 6.45) is 8.94. The maximum atomic E-state index is 5.18. The van der Waals surface area contributed by atoms with Crippen molar-refractivity contribution >= 4 is 64.9 Å². The maximum absolute atomic E-state index is 5.18. The first kappa shape index (κ1) is 32.0. The lowest BCUT2D eigenvalue weighted by atomic mass is 9.98. The van der Waals surface area contributed by atoms with Gasteiger partial charge in [0.2, 0.25) is 0 Å². The summed E-state index contributed by atoms with van der Waals surface area (Å²) in [5, 5.41) is 4.76. The zero-order valence-electron chi connectivity index (χ0n) is 29.4. The van der Waals surface area contributed by atoms with Gasteiger partial charge in [-0.3, -0.25) is 0 Å². The van der Waals surface area contributed by atoms with Gasteiger partial charge in [0.15, 0.2) is 17.5 Å². The summed E-state index contributed by atoms with van der Waals surface area (Å²) in [6, 6.07) is 57.8. The number of nitrogens with zero attached hydrogens (tertiary/aromatic N) is 4. The van der Waals surface area contributed by atoms with E-state index in [4.69, 9.17) is 15.0 Å². The van der Waals surface area contributed by atoms with Crippen molar-refractivity contribution in [1.29, 1.82) is 0 Å². The van der Waals surface area contributed by atoms with E-state index in [1.807, 2.05) is 18.2 Å². The molecule has 0 radical (unpaired) electrons. The van der Waals surface area contributed by atoms with E-state index in [0.29, 0.717) is 17.5 Å². The van der Waals surface area contributed by atoms with Gasteiger partial charge in [-0.05, 0) is 65.8 Å². The number of hydrogen-bond donors (Lipinski definition) is 0.